The van der Waals surface area contributed by atoms with Gasteiger partial charge >= 0.3 is 0 Å². The van der Waals surface area contributed by atoms with Crippen LogP contribution in [0.15, 0.2) is 24.3 Å². The predicted molar refractivity (Wildman–Crippen MR) is 86.1 cm³/mol. The van der Waals surface area contributed by atoms with Crippen molar-refractivity contribution in [1.82, 2.24) is 10.3 Å². The van der Waals surface area contributed by atoms with Gasteiger partial charge in [-0.3, -0.25) is 4.79 Å². The summed E-state index contributed by atoms with van der Waals surface area (Å²) in [4.78, 5) is 17.3. The number of ether oxygens (including phenoxy) is 1. The molecular weight excluding hydrogens is 308 g/mol. The minimum Gasteiger partial charge on any atom is -0.383 e. The molecular formula is C15H17ClN2O2S. The smallest absolute Gasteiger partial charge is 0.263 e. The number of carbonyl (C=O) groups is 1. The van der Waals surface area contributed by atoms with Gasteiger partial charge in [-0.25, -0.2) is 4.98 Å². The summed E-state index contributed by atoms with van der Waals surface area (Å²) in [5.74, 6) is -0.122. The van der Waals surface area contributed by atoms with Gasteiger partial charge in [0, 0.05) is 23.7 Å². The van der Waals surface area contributed by atoms with Gasteiger partial charge in [-0.1, -0.05) is 23.7 Å². The largest absolute Gasteiger partial charge is 0.383 e. The van der Waals surface area contributed by atoms with Gasteiger partial charge in [0.05, 0.1) is 12.3 Å². The van der Waals surface area contributed by atoms with E-state index in [1.807, 2.05) is 38.1 Å². The Bertz CT molecular complexity index is 642. The average Bonchev–Trinajstić information content (AvgIpc) is 2.81. The number of benzene rings is 1. The molecule has 0 spiro atoms. The number of aromatic nitrogens is 1. The van der Waals surface area contributed by atoms with Crippen molar-refractivity contribution in [2.45, 2.75) is 19.9 Å². The molecule has 1 aromatic heterocycles. The van der Waals surface area contributed by atoms with Crippen LogP contribution in [0.25, 0.3) is 10.6 Å². The summed E-state index contributed by atoms with van der Waals surface area (Å²) in [5.41, 5.74) is 1.64. The third kappa shape index (κ3) is 4.03. The van der Waals surface area contributed by atoms with Crippen molar-refractivity contribution in [3.63, 3.8) is 0 Å². The Labute approximate surface area is 133 Å². The van der Waals surface area contributed by atoms with Gasteiger partial charge in [0.15, 0.2) is 0 Å². The molecule has 6 heteroatoms. The van der Waals surface area contributed by atoms with Crippen LogP contribution in [0.5, 0.6) is 0 Å². The molecule has 1 atom stereocenters. The second-order valence-electron chi connectivity index (χ2n) is 4.77. The van der Waals surface area contributed by atoms with E-state index in [4.69, 9.17) is 16.3 Å². The van der Waals surface area contributed by atoms with Crippen LogP contribution in [0.1, 0.15) is 22.3 Å². The number of hydrogen-bond acceptors (Lipinski definition) is 4. The van der Waals surface area contributed by atoms with Crippen molar-refractivity contribution in [3.05, 3.63) is 39.9 Å². The molecule has 4 nitrogen and oxygen atoms in total. The fraction of sp³-hybridized carbons (Fsp3) is 0.333. The monoisotopic (exact) mass is 324 g/mol. The fourth-order valence-electron chi connectivity index (χ4n) is 1.93. The van der Waals surface area contributed by atoms with Crippen LogP contribution in [-0.4, -0.2) is 30.6 Å². The minimum atomic E-state index is -0.122. The molecule has 21 heavy (non-hydrogen) atoms. The van der Waals surface area contributed by atoms with E-state index in [1.165, 1.54) is 11.3 Å². The molecule has 0 saturated heterocycles. The van der Waals surface area contributed by atoms with Crippen molar-refractivity contribution < 1.29 is 9.53 Å². The molecule has 0 fully saturated rings. The van der Waals surface area contributed by atoms with Gasteiger partial charge in [0.2, 0.25) is 0 Å². The van der Waals surface area contributed by atoms with E-state index in [1.54, 1.807) is 7.11 Å². The van der Waals surface area contributed by atoms with Gasteiger partial charge in [0.1, 0.15) is 9.88 Å². The van der Waals surface area contributed by atoms with E-state index in [-0.39, 0.29) is 11.9 Å². The predicted octanol–water partition coefficient (Wildman–Crippen LogP) is 3.54. The first kappa shape index (κ1) is 15.9. The lowest BCUT2D eigenvalue weighted by Gasteiger charge is -2.11. The summed E-state index contributed by atoms with van der Waals surface area (Å²) in [7, 11) is 1.61. The first-order chi connectivity index (χ1) is 10.0. The number of halogens is 1. The van der Waals surface area contributed by atoms with Crippen LogP contribution in [0.2, 0.25) is 5.02 Å². The number of methoxy groups -OCH3 is 1. The molecule has 0 aliphatic rings. The van der Waals surface area contributed by atoms with Crippen LogP contribution in [-0.2, 0) is 4.74 Å². The normalized spacial score (nSPS) is 12.2. The Morgan fingerprint density at radius 3 is 2.95 bits per heavy atom. The Balaban J connectivity index is 2.21. The van der Waals surface area contributed by atoms with E-state index < -0.39 is 0 Å². The van der Waals surface area contributed by atoms with E-state index in [0.29, 0.717) is 16.5 Å². The molecule has 0 saturated carbocycles. The van der Waals surface area contributed by atoms with Gasteiger partial charge in [0.25, 0.3) is 5.91 Å². The average molecular weight is 325 g/mol. The van der Waals surface area contributed by atoms with Crippen LogP contribution in [0, 0.1) is 6.92 Å². The molecule has 112 valence electrons. The van der Waals surface area contributed by atoms with Crippen LogP contribution < -0.4 is 5.32 Å². The second kappa shape index (κ2) is 7.02. The maximum atomic E-state index is 12.2. The molecule has 1 heterocycles. The zero-order chi connectivity index (χ0) is 15.4. The molecule has 1 N–H and O–H groups in total. The van der Waals surface area contributed by atoms with E-state index in [2.05, 4.69) is 10.3 Å². The van der Waals surface area contributed by atoms with Crippen LogP contribution in [0.4, 0.5) is 0 Å². The first-order valence-electron chi connectivity index (χ1n) is 6.54. The topological polar surface area (TPSA) is 51.2 Å². The van der Waals surface area contributed by atoms with E-state index in [0.717, 1.165) is 16.3 Å². The summed E-state index contributed by atoms with van der Waals surface area (Å²) in [5, 5.41) is 4.34. The van der Waals surface area contributed by atoms with E-state index >= 15 is 0 Å². The molecule has 0 bridgehead atoms. The molecule has 0 aliphatic heterocycles. The quantitative estimate of drug-likeness (QED) is 0.915. The second-order valence-corrected chi connectivity index (χ2v) is 6.21. The zero-order valence-corrected chi connectivity index (χ0v) is 13.7. The van der Waals surface area contributed by atoms with E-state index in [9.17, 15) is 4.79 Å². The van der Waals surface area contributed by atoms with Crippen molar-refractivity contribution in [1.29, 1.82) is 0 Å². The number of carbonyl (C=O) groups excluding carboxylic acids is 1. The Morgan fingerprint density at radius 2 is 2.29 bits per heavy atom. The van der Waals surface area contributed by atoms with Crippen LogP contribution >= 0.6 is 22.9 Å². The third-order valence-electron chi connectivity index (χ3n) is 2.87. The van der Waals surface area contributed by atoms with Crippen molar-refractivity contribution >= 4 is 28.8 Å². The highest BCUT2D eigenvalue weighted by molar-refractivity contribution is 7.17. The van der Waals surface area contributed by atoms with Crippen molar-refractivity contribution in [3.8, 4) is 10.6 Å². The number of nitrogens with one attached hydrogen (secondary N) is 1. The fourth-order valence-corrected chi connectivity index (χ4v) is 3.09. The number of thiazole rings is 1. The van der Waals surface area contributed by atoms with Gasteiger partial charge < -0.3 is 10.1 Å². The highest BCUT2D eigenvalue weighted by Crippen LogP contribution is 2.29. The summed E-state index contributed by atoms with van der Waals surface area (Å²) in [6, 6.07) is 7.41. The summed E-state index contributed by atoms with van der Waals surface area (Å²) in [6.07, 6.45) is 0. The molecule has 0 radical (unpaired) electrons. The summed E-state index contributed by atoms with van der Waals surface area (Å²) >= 11 is 7.36. The molecule has 2 aromatic rings. The Kier molecular flexibility index (Phi) is 5.33. The van der Waals surface area contributed by atoms with Gasteiger partial charge in [-0.05, 0) is 26.0 Å². The van der Waals surface area contributed by atoms with Crippen LogP contribution in [0.3, 0.4) is 0 Å². The summed E-state index contributed by atoms with van der Waals surface area (Å²) < 4.78 is 5.02. The lowest BCUT2D eigenvalue weighted by Crippen LogP contribution is -2.35. The lowest BCUT2D eigenvalue weighted by molar-refractivity contribution is 0.0909. The lowest BCUT2D eigenvalue weighted by atomic mass is 10.2. The number of nitrogens with zero attached hydrogens (tertiary/aromatic N) is 1. The first-order valence-corrected chi connectivity index (χ1v) is 7.74. The highest BCUT2D eigenvalue weighted by Gasteiger charge is 2.17. The van der Waals surface area contributed by atoms with Gasteiger partial charge in [-0.15, -0.1) is 11.3 Å². The number of aryl methyl sites for hydroxylation is 1. The SMILES string of the molecule is COC[C@@H](C)NC(=O)c1sc(-c2cccc(Cl)c2)nc1C. The zero-order valence-electron chi connectivity index (χ0n) is 12.1. The molecule has 0 unspecified atom stereocenters. The molecule has 1 amide bonds. The highest BCUT2D eigenvalue weighted by atomic mass is 35.5. The maximum Gasteiger partial charge on any atom is 0.263 e. The maximum absolute atomic E-state index is 12.2. The number of hydrogen-bond donors (Lipinski definition) is 1. The summed E-state index contributed by atoms with van der Waals surface area (Å²) in [6.45, 7) is 4.21. The molecule has 0 aliphatic carbocycles. The van der Waals surface area contributed by atoms with Gasteiger partial charge in [-0.2, -0.15) is 0 Å². The Hall–Kier alpha value is -1.43. The minimum absolute atomic E-state index is 0.0429. The molecule has 1 aromatic carbocycles. The third-order valence-corrected chi connectivity index (χ3v) is 4.31. The molecule has 2 rings (SSSR count). The number of rotatable bonds is 5. The standard InChI is InChI=1S/C15H17ClN2O2S/c1-9(8-20-3)17-14(19)13-10(2)18-15(21-13)11-5-4-6-12(16)7-11/h4-7,9H,8H2,1-3H3,(H,17,19)/t9-/m1/s1. The van der Waals surface area contributed by atoms with Crippen molar-refractivity contribution in [2.24, 2.45) is 0 Å². The Morgan fingerprint density at radius 1 is 1.52 bits per heavy atom. The van der Waals surface area contributed by atoms with Crippen molar-refractivity contribution in [2.75, 3.05) is 13.7 Å². The number of amides is 1.